The summed E-state index contributed by atoms with van der Waals surface area (Å²) in [6, 6.07) is 6.43. The van der Waals surface area contributed by atoms with Crippen molar-refractivity contribution >= 4 is 11.7 Å². The number of amides is 1. The fourth-order valence-corrected chi connectivity index (χ4v) is 4.06. The predicted octanol–water partition coefficient (Wildman–Crippen LogP) is 3.13. The van der Waals surface area contributed by atoms with E-state index in [4.69, 9.17) is 0 Å². The van der Waals surface area contributed by atoms with Crippen molar-refractivity contribution in [3.63, 3.8) is 0 Å². The lowest BCUT2D eigenvalue weighted by Gasteiger charge is -2.31. The van der Waals surface area contributed by atoms with Crippen LogP contribution in [-0.4, -0.2) is 42.8 Å². The minimum absolute atomic E-state index is 0.0883. The number of nitrogens with zero attached hydrogens (tertiary/aromatic N) is 1. The lowest BCUT2D eigenvalue weighted by molar-refractivity contribution is -0.132. The number of fused-ring (bicyclic) bond motifs is 1. The van der Waals surface area contributed by atoms with Crippen molar-refractivity contribution in [1.29, 1.82) is 0 Å². The molecular weight excluding hydrogens is 312 g/mol. The van der Waals surface area contributed by atoms with E-state index in [9.17, 15) is 9.59 Å². The van der Waals surface area contributed by atoms with Crippen molar-refractivity contribution in [2.24, 2.45) is 0 Å². The predicted molar refractivity (Wildman–Crippen MR) is 99.9 cm³/mol. The molecule has 1 aliphatic carbocycles. The Morgan fingerprint density at radius 3 is 2.52 bits per heavy atom. The molecule has 1 aliphatic heterocycles. The van der Waals surface area contributed by atoms with Crippen LogP contribution in [0.25, 0.3) is 0 Å². The summed E-state index contributed by atoms with van der Waals surface area (Å²) in [7, 11) is 1.90. The Kier molecular flexibility index (Phi) is 6.24. The quantitative estimate of drug-likeness (QED) is 0.837. The first-order valence-corrected chi connectivity index (χ1v) is 9.76. The molecule has 0 atom stereocenters. The summed E-state index contributed by atoms with van der Waals surface area (Å²) in [4.78, 5) is 26.8. The maximum Gasteiger partial charge on any atom is 0.223 e. The number of hydrogen-bond acceptors (Lipinski definition) is 3. The standard InChI is InChI=1S/C21H30N2O2/c1-23(19-5-3-2-4-6-19)21(25)10-9-20(24)18-8-7-16-11-13-22-14-12-17(16)15-18/h7-8,15,19,22H,2-6,9-14H2,1H3. The van der Waals surface area contributed by atoms with Crippen molar-refractivity contribution in [3.8, 4) is 0 Å². The molecule has 25 heavy (non-hydrogen) atoms. The van der Waals surface area contributed by atoms with E-state index in [2.05, 4.69) is 11.4 Å². The van der Waals surface area contributed by atoms with Gasteiger partial charge in [-0.1, -0.05) is 31.4 Å². The maximum atomic E-state index is 12.5. The number of carbonyl (C=O) groups excluding carboxylic acids is 2. The van der Waals surface area contributed by atoms with Gasteiger partial charge in [0.2, 0.25) is 5.91 Å². The lowest BCUT2D eigenvalue weighted by atomic mass is 9.94. The second-order valence-electron chi connectivity index (χ2n) is 7.45. The van der Waals surface area contributed by atoms with Gasteiger partial charge in [-0.3, -0.25) is 9.59 Å². The summed E-state index contributed by atoms with van der Waals surface area (Å²) in [5.41, 5.74) is 3.38. The minimum Gasteiger partial charge on any atom is -0.343 e. The van der Waals surface area contributed by atoms with Gasteiger partial charge in [-0.05, 0) is 56.0 Å². The minimum atomic E-state index is 0.0883. The Morgan fingerprint density at radius 1 is 1.04 bits per heavy atom. The van der Waals surface area contributed by atoms with Crippen LogP contribution in [0.2, 0.25) is 0 Å². The van der Waals surface area contributed by atoms with Gasteiger partial charge in [0.05, 0.1) is 0 Å². The molecule has 1 fully saturated rings. The third-order valence-electron chi connectivity index (χ3n) is 5.75. The molecule has 1 N–H and O–H groups in total. The third-order valence-corrected chi connectivity index (χ3v) is 5.75. The first-order chi connectivity index (χ1) is 12.1. The molecule has 1 saturated carbocycles. The summed E-state index contributed by atoms with van der Waals surface area (Å²) in [5, 5.41) is 3.39. The van der Waals surface area contributed by atoms with Crippen molar-refractivity contribution in [2.45, 2.75) is 63.8 Å². The van der Waals surface area contributed by atoms with Gasteiger partial charge < -0.3 is 10.2 Å². The SMILES string of the molecule is CN(C(=O)CCC(=O)c1ccc2c(c1)CCNCC2)C1CCCCC1. The van der Waals surface area contributed by atoms with E-state index in [0.717, 1.165) is 44.3 Å². The molecule has 0 radical (unpaired) electrons. The van der Waals surface area contributed by atoms with Crippen LogP contribution in [0, 0.1) is 0 Å². The average Bonchev–Trinajstić information content (AvgIpc) is 2.90. The summed E-state index contributed by atoms with van der Waals surface area (Å²) < 4.78 is 0. The lowest BCUT2D eigenvalue weighted by Crippen LogP contribution is -2.38. The molecule has 1 aromatic rings. The highest BCUT2D eigenvalue weighted by molar-refractivity contribution is 5.98. The van der Waals surface area contributed by atoms with Gasteiger partial charge in [-0.25, -0.2) is 0 Å². The van der Waals surface area contributed by atoms with Gasteiger partial charge in [0.1, 0.15) is 0 Å². The molecule has 0 bridgehead atoms. The first-order valence-electron chi connectivity index (χ1n) is 9.76. The normalized spacial score (nSPS) is 18.3. The number of Topliss-reactive ketones (excluding diaryl/α,β-unsaturated/α-hetero) is 1. The molecule has 0 aromatic heterocycles. The zero-order chi connectivity index (χ0) is 17.6. The van der Waals surface area contributed by atoms with E-state index < -0.39 is 0 Å². The van der Waals surface area contributed by atoms with Gasteiger partial charge in [-0.15, -0.1) is 0 Å². The van der Waals surface area contributed by atoms with Gasteiger partial charge in [0, 0.05) is 31.5 Å². The molecule has 3 rings (SSSR count). The molecule has 1 amide bonds. The van der Waals surface area contributed by atoms with Crippen LogP contribution in [0.5, 0.6) is 0 Å². The van der Waals surface area contributed by atoms with Crippen LogP contribution in [0.1, 0.15) is 66.4 Å². The van der Waals surface area contributed by atoms with Crippen molar-refractivity contribution in [2.75, 3.05) is 20.1 Å². The van der Waals surface area contributed by atoms with E-state index in [1.165, 1.54) is 30.4 Å². The van der Waals surface area contributed by atoms with Crippen LogP contribution in [0.4, 0.5) is 0 Å². The van der Waals surface area contributed by atoms with Gasteiger partial charge in [-0.2, -0.15) is 0 Å². The fraction of sp³-hybridized carbons (Fsp3) is 0.619. The first kappa shape index (κ1) is 18.1. The average molecular weight is 342 g/mol. The highest BCUT2D eigenvalue weighted by atomic mass is 16.2. The smallest absolute Gasteiger partial charge is 0.223 e. The fourth-order valence-electron chi connectivity index (χ4n) is 4.06. The molecule has 0 unspecified atom stereocenters. The molecular formula is C21H30N2O2. The molecule has 2 aliphatic rings. The van der Waals surface area contributed by atoms with Gasteiger partial charge >= 0.3 is 0 Å². The van der Waals surface area contributed by atoms with E-state index in [0.29, 0.717) is 18.9 Å². The highest BCUT2D eigenvalue weighted by Crippen LogP contribution is 2.22. The summed E-state index contributed by atoms with van der Waals surface area (Å²) in [6.45, 7) is 1.97. The Labute approximate surface area is 151 Å². The topological polar surface area (TPSA) is 49.4 Å². The number of carbonyl (C=O) groups is 2. The maximum absolute atomic E-state index is 12.5. The second-order valence-corrected chi connectivity index (χ2v) is 7.45. The van der Waals surface area contributed by atoms with Crippen LogP contribution in [0.15, 0.2) is 18.2 Å². The van der Waals surface area contributed by atoms with Gasteiger partial charge in [0.15, 0.2) is 5.78 Å². The monoisotopic (exact) mass is 342 g/mol. The van der Waals surface area contributed by atoms with Crippen LogP contribution < -0.4 is 5.32 Å². The third kappa shape index (κ3) is 4.69. The molecule has 136 valence electrons. The Morgan fingerprint density at radius 2 is 1.76 bits per heavy atom. The van der Waals surface area contributed by atoms with E-state index in [-0.39, 0.29) is 11.7 Å². The van der Waals surface area contributed by atoms with Crippen molar-refractivity contribution in [3.05, 3.63) is 34.9 Å². The highest BCUT2D eigenvalue weighted by Gasteiger charge is 2.22. The van der Waals surface area contributed by atoms with E-state index in [1.807, 2.05) is 24.1 Å². The van der Waals surface area contributed by atoms with E-state index in [1.54, 1.807) is 0 Å². The number of nitrogens with one attached hydrogen (secondary N) is 1. The molecule has 4 heteroatoms. The summed E-state index contributed by atoms with van der Waals surface area (Å²) >= 11 is 0. The van der Waals surface area contributed by atoms with Crippen molar-refractivity contribution < 1.29 is 9.59 Å². The number of ketones is 1. The van der Waals surface area contributed by atoms with Crippen LogP contribution in [-0.2, 0) is 17.6 Å². The zero-order valence-electron chi connectivity index (χ0n) is 15.4. The largest absolute Gasteiger partial charge is 0.343 e. The Bertz CT molecular complexity index is 620. The molecule has 1 heterocycles. The summed E-state index contributed by atoms with van der Waals surface area (Å²) in [6.07, 6.45) is 8.55. The zero-order valence-corrected chi connectivity index (χ0v) is 15.4. The number of benzene rings is 1. The summed E-state index contributed by atoms with van der Waals surface area (Å²) in [5.74, 6) is 0.199. The molecule has 4 nitrogen and oxygen atoms in total. The Hall–Kier alpha value is -1.68. The molecule has 0 spiro atoms. The van der Waals surface area contributed by atoms with E-state index >= 15 is 0 Å². The van der Waals surface area contributed by atoms with Crippen LogP contribution in [0.3, 0.4) is 0 Å². The Balaban J connectivity index is 1.55. The van der Waals surface area contributed by atoms with Gasteiger partial charge in [0.25, 0.3) is 0 Å². The van der Waals surface area contributed by atoms with Crippen LogP contribution >= 0.6 is 0 Å². The number of rotatable bonds is 5. The van der Waals surface area contributed by atoms with Crippen molar-refractivity contribution in [1.82, 2.24) is 10.2 Å². The molecule has 1 aromatic carbocycles. The second kappa shape index (κ2) is 8.61. The number of hydrogen-bond donors (Lipinski definition) is 1. The molecule has 0 saturated heterocycles.